The number of halogens is 3. The average molecular weight is 1160 g/mol. The summed E-state index contributed by atoms with van der Waals surface area (Å²) >= 11 is 0. The van der Waals surface area contributed by atoms with Gasteiger partial charge in [-0.2, -0.15) is 0 Å². The predicted octanol–water partition coefficient (Wildman–Crippen LogP) is 6.46. The van der Waals surface area contributed by atoms with Gasteiger partial charge in [-0.1, -0.05) is 43.3 Å². The average Bonchev–Trinajstić information content (AvgIpc) is 3.46. The molecule has 4 aromatic rings. The number of hydrogen-bond acceptors (Lipinski definition) is 14. The standard InChI is InChI=1S/C29H39FN4O5S.C27H35FN4O5S.ClH/c1-5-33-21(2)17-31(18-22(33)3)19-23-6-10-26(11-7-23)34(29(36)32-12-14-40(37,38)15-13-32)20-25-9-8-24(16-27(25)30)28(35)39-4;1-19-15-30(16-20(2)29-19)17-21-4-8-24(9-5-21)32(27(34)31-10-12-38(35,36)13-11-31)18-23-7-6-22(14-25(23)28)26(33)37-3;/h6-11,16,21-22H,5,12-15,17-20H2,1-4H3;4-9,14,19-20,29H,10-13,15-18H2,1-3H3;1H/t21-,22+;19-,20+;. The van der Waals surface area contributed by atoms with Crippen molar-refractivity contribution in [3.63, 3.8) is 0 Å². The molecule has 4 amide bonds. The molecule has 0 spiro atoms. The molecular weight excluding hydrogens is 1080 g/mol. The fourth-order valence-electron chi connectivity index (χ4n) is 10.7. The van der Waals surface area contributed by atoms with Crippen LogP contribution in [0.5, 0.6) is 0 Å². The monoisotopic (exact) mass is 1160 g/mol. The second-order valence-electron chi connectivity index (χ2n) is 20.8. The molecule has 4 aliphatic heterocycles. The van der Waals surface area contributed by atoms with Crippen molar-refractivity contribution in [2.75, 3.05) is 106 Å². The van der Waals surface area contributed by atoms with Crippen molar-refractivity contribution in [1.82, 2.24) is 29.8 Å². The van der Waals surface area contributed by atoms with Crippen molar-refractivity contribution < 1.29 is 54.3 Å². The number of benzene rings is 4. The van der Waals surface area contributed by atoms with Gasteiger partial charge >= 0.3 is 24.0 Å². The summed E-state index contributed by atoms with van der Waals surface area (Å²) in [6, 6.07) is 24.3. The number of urea groups is 2. The number of amides is 4. The van der Waals surface area contributed by atoms with E-state index in [9.17, 15) is 40.4 Å². The third kappa shape index (κ3) is 16.7. The summed E-state index contributed by atoms with van der Waals surface area (Å²) in [5.41, 5.74) is 3.97. The summed E-state index contributed by atoms with van der Waals surface area (Å²) in [6.07, 6.45) is 0. The van der Waals surface area contributed by atoms with Crippen LogP contribution in [0, 0.1) is 11.6 Å². The van der Waals surface area contributed by atoms with Crippen LogP contribution in [0.15, 0.2) is 84.9 Å². The van der Waals surface area contributed by atoms with Gasteiger partial charge in [-0.05, 0) is 93.9 Å². The van der Waals surface area contributed by atoms with Crippen molar-refractivity contribution in [2.24, 2.45) is 0 Å². The molecular formula is C56H75ClF2N8O10S2. The van der Waals surface area contributed by atoms with Gasteiger partial charge in [-0.15, -0.1) is 12.4 Å². The number of carbonyl (C=O) groups excluding carboxylic acids is 4. The zero-order chi connectivity index (χ0) is 56.5. The quantitative estimate of drug-likeness (QED) is 0.144. The molecule has 18 nitrogen and oxygen atoms in total. The van der Waals surface area contributed by atoms with E-state index in [0.29, 0.717) is 35.5 Å². The number of ether oxygens (including phenoxy) is 2. The van der Waals surface area contributed by atoms with E-state index < -0.39 is 55.3 Å². The first kappa shape index (κ1) is 62.4. The highest BCUT2D eigenvalue weighted by atomic mass is 35.5. The molecule has 1 N–H and O–H groups in total. The topological polar surface area (TPSA) is 190 Å². The lowest BCUT2D eigenvalue weighted by Crippen LogP contribution is -2.56. The Bertz CT molecular complexity index is 2950. The molecule has 4 aliphatic rings. The zero-order valence-corrected chi connectivity index (χ0v) is 48.6. The highest BCUT2D eigenvalue weighted by Gasteiger charge is 2.33. The molecule has 4 fully saturated rings. The van der Waals surface area contributed by atoms with Crippen LogP contribution in [-0.2, 0) is 55.3 Å². The van der Waals surface area contributed by atoms with Gasteiger partial charge in [-0.3, -0.25) is 24.5 Å². The first-order chi connectivity index (χ1) is 37.0. The maximum atomic E-state index is 15.0. The van der Waals surface area contributed by atoms with Gasteiger partial charge in [0.15, 0.2) is 19.7 Å². The van der Waals surface area contributed by atoms with E-state index in [1.54, 1.807) is 0 Å². The van der Waals surface area contributed by atoms with Gasteiger partial charge in [0, 0.05) is 112 Å². The second-order valence-corrected chi connectivity index (χ2v) is 25.4. The van der Waals surface area contributed by atoms with Crippen molar-refractivity contribution in [3.05, 3.63) is 130 Å². The summed E-state index contributed by atoms with van der Waals surface area (Å²) in [6.45, 7) is 17.6. The van der Waals surface area contributed by atoms with Gasteiger partial charge in [-0.25, -0.2) is 44.8 Å². The van der Waals surface area contributed by atoms with Gasteiger partial charge in [0.05, 0.1) is 61.4 Å². The molecule has 0 unspecified atom stereocenters. The van der Waals surface area contributed by atoms with E-state index in [1.807, 2.05) is 48.5 Å². The molecule has 0 aromatic heterocycles. The fourth-order valence-corrected chi connectivity index (χ4v) is 13.1. The maximum absolute atomic E-state index is 15.0. The first-order valence-electron chi connectivity index (χ1n) is 26.5. The number of piperazine rings is 2. The number of nitrogens with one attached hydrogen (secondary N) is 1. The largest absolute Gasteiger partial charge is 0.465 e. The molecule has 8 rings (SSSR count). The van der Waals surface area contributed by atoms with Crippen LogP contribution >= 0.6 is 12.4 Å². The summed E-state index contributed by atoms with van der Waals surface area (Å²) in [7, 11) is -3.90. The Balaban J connectivity index is 0.000000252. The lowest BCUT2D eigenvalue weighted by molar-refractivity contribution is 0.0392. The summed E-state index contributed by atoms with van der Waals surface area (Å²) in [5.74, 6) is -2.97. The smallest absolute Gasteiger partial charge is 0.337 e. The van der Waals surface area contributed by atoms with Crippen LogP contribution in [0.25, 0.3) is 0 Å². The number of nitrogens with zero attached hydrogens (tertiary/aromatic N) is 7. The Morgan fingerprint density at radius 1 is 0.570 bits per heavy atom. The van der Waals surface area contributed by atoms with Crippen molar-refractivity contribution in [3.8, 4) is 0 Å². The molecule has 79 heavy (non-hydrogen) atoms. The second kappa shape index (κ2) is 27.6. The van der Waals surface area contributed by atoms with Gasteiger partial charge in [0.2, 0.25) is 0 Å². The van der Waals surface area contributed by atoms with Crippen LogP contribution in [-0.4, -0.2) is 186 Å². The van der Waals surface area contributed by atoms with Gasteiger partial charge in [0.25, 0.3) is 0 Å². The van der Waals surface area contributed by atoms with Gasteiger partial charge in [0.1, 0.15) is 11.6 Å². The van der Waals surface area contributed by atoms with Crippen molar-refractivity contribution >= 4 is 67.5 Å². The number of sulfone groups is 2. The molecule has 0 aliphatic carbocycles. The third-order valence-electron chi connectivity index (χ3n) is 14.8. The van der Waals surface area contributed by atoms with E-state index >= 15 is 4.39 Å². The Morgan fingerprint density at radius 3 is 1.25 bits per heavy atom. The number of rotatable bonds is 13. The number of likely N-dealkylation sites (N-methyl/N-ethyl adjacent to an activating group) is 1. The van der Waals surface area contributed by atoms with E-state index in [2.05, 4.69) is 64.1 Å². The first-order valence-corrected chi connectivity index (χ1v) is 30.1. The molecule has 4 heterocycles. The molecule has 432 valence electrons. The van der Waals surface area contributed by atoms with Gasteiger partial charge < -0.3 is 24.6 Å². The van der Waals surface area contributed by atoms with Crippen LogP contribution in [0.3, 0.4) is 0 Å². The Morgan fingerprint density at radius 2 is 0.924 bits per heavy atom. The zero-order valence-electron chi connectivity index (χ0n) is 46.1. The van der Waals surface area contributed by atoms with Crippen LogP contribution in [0.2, 0.25) is 0 Å². The lowest BCUT2D eigenvalue weighted by Gasteiger charge is -2.44. The van der Waals surface area contributed by atoms with E-state index in [4.69, 9.17) is 0 Å². The van der Waals surface area contributed by atoms with Crippen LogP contribution in [0.4, 0.5) is 29.7 Å². The molecule has 0 bridgehead atoms. The molecule has 0 saturated carbocycles. The SMILES string of the molecule is CCN1[C@H](C)CN(Cc2ccc(N(Cc3ccc(C(=O)OC)cc3F)C(=O)N3CCS(=O)(=O)CC3)cc2)C[C@@H]1C.COC(=O)c1ccc(CN(C(=O)N2CCS(=O)(=O)CC2)c2ccc(CN3C[C@@H](C)N[C@@H](C)C3)cc2)c(F)c1.Cl. The minimum atomic E-state index is -3.18. The molecule has 4 atom stereocenters. The summed E-state index contributed by atoms with van der Waals surface area (Å²) < 4.78 is 87.0. The minimum absolute atomic E-state index is 0. The van der Waals surface area contributed by atoms with E-state index in [0.717, 1.165) is 69.1 Å². The minimum Gasteiger partial charge on any atom is -0.465 e. The molecule has 23 heteroatoms. The number of carbonyl (C=O) groups is 4. The maximum Gasteiger partial charge on any atom is 0.337 e. The van der Waals surface area contributed by atoms with Crippen molar-refractivity contribution in [1.29, 1.82) is 0 Å². The summed E-state index contributed by atoms with van der Waals surface area (Å²) in [5, 5.41) is 3.52. The number of anilines is 2. The Hall–Kier alpha value is -5.75. The number of methoxy groups -OCH3 is 2. The lowest BCUT2D eigenvalue weighted by atomic mass is 10.1. The molecule has 4 saturated heterocycles. The van der Waals surface area contributed by atoms with E-state index in [1.165, 1.54) is 58.1 Å². The normalized spacial score (nSPS) is 21.4. The van der Waals surface area contributed by atoms with Crippen LogP contribution in [0.1, 0.15) is 77.6 Å². The number of esters is 2. The fraction of sp³-hybridized carbons (Fsp3) is 0.500. The van der Waals surface area contributed by atoms with Crippen molar-refractivity contribution in [2.45, 2.75) is 85.0 Å². The summed E-state index contributed by atoms with van der Waals surface area (Å²) in [4.78, 5) is 64.0. The predicted molar refractivity (Wildman–Crippen MR) is 303 cm³/mol. The van der Waals surface area contributed by atoms with E-state index in [-0.39, 0.29) is 96.9 Å². The Kier molecular flexibility index (Phi) is 21.8. The molecule has 4 aromatic carbocycles. The number of hydrogen-bond donors (Lipinski definition) is 1. The van der Waals surface area contributed by atoms with Crippen LogP contribution < -0.4 is 15.1 Å². The highest BCUT2D eigenvalue weighted by molar-refractivity contribution is 7.91. The molecule has 0 radical (unpaired) electrons. The highest BCUT2D eigenvalue weighted by Crippen LogP contribution is 2.27. The Labute approximate surface area is 470 Å². The third-order valence-corrected chi connectivity index (χ3v) is 18.0.